The number of aromatic nitrogens is 1. The summed E-state index contributed by atoms with van der Waals surface area (Å²) in [6.45, 7) is 3.97. The number of aryl methyl sites for hydroxylation is 2. The number of anilines is 1. The molecule has 0 radical (unpaired) electrons. The van der Waals surface area contributed by atoms with Crippen molar-refractivity contribution in [1.82, 2.24) is 5.16 Å². The topological polar surface area (TPSA) is 81.1 Å². The van der Waals surface area contributed by atoms with E-state index in [9.17, 15) is 4.79 Å². The quantitative estimate of drug-likeness (QED) is 0.815. The molecule has 5 heteroatoms. The Morgan fingerprint density at radius 2 is 2.25 bits per heavy atom. The molecule has 0 aliphatic heterocycles. The summed E-state index contributed by atoms with van der Waals surface area (Å²) in [4.78, 5) is 12.1. The molecule has 0 bridgehead atoms. The number of benzene rings is 1. The summed E-state index contributed by atoms with van der Waals surface area (Å²) in [5, 5.41) is 6.38. The fraction of sp³-hybridized carbons (Fsp3) is 0.200. The van der Waals surface area contributed by atoms with Crippen LogP contribution in [0.1, 0.15) is 27.2 Å². The highest BCUT2D eigenvalue weighted by Gasteiger charge is 2.15. The molecule has 0 saturated carbocycles. The van der Waals surface area contributed by atoms with E-state index in [-0.39, 0.29) is 18.2 Å². The van der Waals surface area contributed by atoms with Crippen LogP contribution in [0.3, 0.4) is 0 Å². The van der Waals surface area contributed by atoms with E-state index in [0.717, 1.165) is 5.56 Å². The molecule has 0 unspecified atom stereocenters. The first kappa shape index (κ1) is 13.8. The van der Waals surface area contributed by atoms with Crippen LogP contribution >= 0.6 is 0 Å². The largest absolute Gasteiger partial charge is 0.351 e. The Morgan fingerprint density at radius 1 is 1.45 bits per heavy atom. The molecule has 20 heavy (non-hydrogen) atoms. The van der Waals surface area contributed by atoms with Gasteiger partial charge in [-0.2, -0.15) is 0 Å². The lowest BCUT2D eigenvalue weighted by molar-refractivity contribution is 0.0987. The van der Waals surface area contributed by atoms with Crippen LogP contribution in [0.5, 0.6) is 0 Å². The number of hydrogen-bond acceptors (Lipinski definition) is 4. The van der Waals surface area contributed by atoms with Gasteiger partial charge in [-0.15, -0.1) is 0 Å². The van der Waals surface area contributed by atoms with Crippen LogP contribution in [0.15, 0.2) is 28.9 Å². The number of nitrogens with one attached hydrogen (secondary N) is 1. The molecule has 2 rings (SSSR count). The molecule has 1 aromatic carbocycles. The maximum atomic E-state index is 12.1. The summed E-state index contributed by atoms with van der Waals surface area (Å²) in [5.74, 6) is 5.56. The van der Waals surface area contributed by atoms with Crippen molar-refractivity contribution >= 4 is 11.6 Å². The van der Waals surface area contributed by atoms with E-state index in [1.807, 2.05) is 25.1 Å². The molecule has 3 N–H and O–H groups in total. The molecule has 0 atom stereocenters. The summed E-state index contributed by atoms with van der Waals surface area (Å²) in [7, 11) is 0. The molecule has 1 heterocycles. The van der Waals surface area contributed by atoms with Gasteiger partial charge >= 0.3 is 0 Å². The Hall–Kier alpha value is -2.58. The lowest BCUT2D eigenvalue weighted by Gasteiger charge is -2.07. The van der Waals surface area contributed by atoms with Crippen LogP contribution < -0.4 is 11.1 Å². The van der Waals surface area contributed by atoms with Crippen molar-refractivity contribution in [3.8, 4) is 11.8 Å². The van der Waals surface area contributed by atoms with Gasteiger partial charge in [-0.1, -0.05) is 23.1 Å². The zero-order chi connectivity index (χ0) is 14.5. The molecule has 102 valence electrons. The molecular formula is C15H15N3O2. The highest BCUT2D eigenvalue weighted by Crippen LogP contribution is 2.18. The van der Waals surface area contributed by atoms with E-state index in [4.69, 9.17) is 10.3 Å². The molecule has 2 aromatic rings. The highest BCUT2D eigenvalue weighted by molar-refractivity contribution is 6.03. The maximum Gasteiger partial charge on any atom is 0.294 e. The van der Waals surface area contributed by atoms with Gasteiger partial charge < -0.3 is 15.6 Å². The average Bonchev–Trinajstić information content (AvgIpc) is 2.84. The number of nitrogens with zero attached hydrogens (tertiary/aromatic N) is 1. The average molecular weight is 269 g/mol. The van der Waals surface area contributed by atoms with Gasteiger partial charge in [0.2, 0.25) is 5.76 Å². The Morgan fingerprint density at radius 3 is 2.90 bits per heavy atom. The zero-order valence-electron chi connectivity index (χ0n) is 11.4. The van der Waals surface area contributed by atoms with Crippen LogP contribution in [-0.4, -0.2) is 17.6 Å². The minimum Gasteiger partial charge on any atom is -0.351 e. The van der Waals surface area contributed by atoms with Gasteiger partial charge in [-0.05, 0) is 31.5 Å². The van der Waals surface area contributed by atoms with Crippen molar-refractivity contribution in [3.63, 3.8) is 0 Å². The van der Waals surface area contributed by atoms with E-state index in [0.29, 0.717) is 16.8 Å². The summed E-state index contributed by atoms with van der Waals surface area (Å²) < 4.78 is 4.93. The molecule has 0 saturated heterocycles. The third-order valence-corrected chi connectivity index (χ3v) is 2.70. The van der Waals surface area contributed by atoms with Gasteiger partial charge in [0.25, 0.3) is 5.91 Å². The smallest absolute Gasteiger partial charge is 0.294 e. The number of amides is 1. The van der Waals surface area contributed by atoms with Gasteiger partial charge in [0.1, 0.15) is 0 Å². The SMILES string of the molecule is Cc1ccc(C#CCN)c(NC(=O)c2oncc2C)c1. The summed E-state index contributed by atoms with van der Waals surface area (Å²) in [6, 6.07) is 5.63. The van der Waals surface area contributed by atoms with Crippen molar-refractivity contribution in [2.24, 2.45) is 5.73 Å². The minimum atomic E-state index is -0.346. The lowest BCUT2D eigenvalue weighted by Crippen LogP contribution is -2.13. The van der Waals surface area contributed by atoms with Crippen molar-refractivity contribution < 1.29 is 9.32 Å². The van der Waals surface area contributed by atoms with E-state index >= 15 is 0 Å². The van der Waals surface area contributed by atoms with Crippen LogP contribution in [0.4, 0.5) is 5.69 Å². The van der Waals surface area contributed by atoms with Crippen LogP contribution in [0, 0.1) is 25.7 Å². The number of hydrogen-bond donors (Lipinski definition) is 2. The molecular weight excluding hydrogens is 254 g/mol. The zero-order valence-corrected chi connectivity index (χ0v) is 11.4. The second kappa shape index (κ2) is 6.04. The third kappa shape index (κ3) is 3.05. The second-order valence-corrected chi connectivity index (χ2v) is 4.35. The van der Waals surface area contributed by atoms with Crippen molar-refractivity contribution in [1.29, 1.82) is 0 Å². The van der Waals surface area contributed by atoms with Gasteiger partial charge in [-0.25, -0.2) is 0 Å². The van der Waals surface area contributed by atoms with Gasteiger partial charge in [-0.3, -0.25) is 4.79 Å². The van der Waals surface area contributed by atoms with E-state index < -0.39 is 0 Å². The van der Waals surface area contributed by atoms with Crippen LogP contribution in [0.25, 0.3) is 0 Å². The summed E-state index contributed by atoms with van der Waals surface area (Å²) in [5.41, 5.74) is 8.42. The van der Waals surface area contributed by atoms with E-state index in [2.05, 4.69) is 22.3 Å². The van der Waals surface area contributed by atoms with Gasteiger partial charge in [0, 0.05) is 11.1 Å². The Kier molecular flexibility index (Phi) is 4.18. The van der Waals surface area contributed by atoms with Gasteiger partial charge in [0.05, 0.1) is 18.4 Å². The molecule has 0 aliphatic rings. The van der Waals surface area contributed by atoms with E-state index in [1.54, 1.807) is 6.92 Å². The number of carbonyl (C=O) groups is 1. The highest BCUT2D eigenvalue weighted by atomic mass is 16.5. The lowest BCUT2D eigenvalue weighted by atomic mass is 10.1. The second-order valence-electron chi connectivity index (χ2n) is 4.35. The first-order valence-corrected chi connectivity index (χ1v) is 6.14. The summed E-state index contributed by atoms with van der Waals surface area (Å²) in [6.07, 6.45) is 1.50. The Labute approximate surface area is 117 Å². The van der Waals surface area contributed by atoms with E-state index in [1.165, 1.54) is 6.20 Å². The maximum absolute atomic E-state index is 12.1. The van der Waals surface area contributed by atoms with Crippen LogP contribution in [-0.2, 0) is 0 Å². The molecule has 0 spiro atoms. The van der Waals surface area contributed by atoms with Crippen molar-refractivity contribution in [3.05, 3.63) is 46.8 Å². The number of rotatable bonds is 2. The summed E-state index contributed by atoms with van der Waals surface area (Å²) >= 11 is 0. The third-order valence-electron chi connectivity index (χ3n) is 2.70. The predicted octanol–water partition coefficient (Wildman–Crippen LogP) is 1.85. The van der Waals surface area contributed by atoms with Crippen LogP contribution in [0.2, 0.25) is 0 Å². The Bertz CT molecular complexity index is 693. The molecule has 0 fully saturated rings. The fourth-order valence-electron chi connectivity index (χ4n) is 1.71. The predicted molar refractivity (Wildman–Crippen MR) is 76.3 cm³/mol. The molecule has 1 aromatic heterocycles. The molecule has 5 nitrogen and oxygen atoms in total. The molecule has 1 amide bonds. The molecule has 0 aliphatic carbocycles. The fourth-order valence-corrected chi connectivity index (χ4v) is 1.71. The van der Waals surface area contributed by atoms with Crippen molar-refractivity contribution in [2.45, 2.75) is 13.8 Å². The Balaban J connectivity index is 2.31. The van der Waals surface area contributed by atoms with Crippen molar-refractivity contribution in [2.75, 3.05) is 11.9 Å². The monoisotopic (exact) mass is 269 g/mol. The minimum absolute atomic E-state index is 0.198. The number of carbonyl (C=O) groups excluding carboxylic acids is 1. The van der Waals surface area contributed by atoms with Gasteiger partial charge in [0.15, 0.2) is 0 Å². The number of nitrogens with two attached hydrogens (primary N) is 1. The standard InChI is InChI=1S/C15H15N3O2/c1-10-5-6-12(4-3-7-16)13(8-10)18-15(19)14-11(2)9-17-20-14/h5-6,8-9H,7,16H2,1-2H3,(H,18,19). The first-order chi connectivity index (χ1) is 9.61. The normalized spacial score (nSPS) is 9.75. The first-order valence-electron chi connectivity index (χ1n) is 6.14.